The van der Waals surface area contributed by atoms with Gasteiger partial charge in [-0.2, -0.15) is 0 Å². The zero-order valence-corrected chi connectivity index (χ0v) is 13.4. The van der Waals surface area contributed by atoms with Crippen molar-refractivity contribution < 1.29 is 9.47 Å². The van der Waals surface area contributed by atoms with Crippen LogP contribution in [0.2, 0.25) is 10.0 Å². The quantitative estimate of drug-likeness (QED) is 0.692. The van der Waals surface area contributed by atoms with Crippen molar-refractivity contribution in [2.24, 2.45) is 0 Å². The second-order valence-electron chi connectivity index (χ2n) is 4.45. The van der Waals surface area contributed by atoms with Crippen molar-refractivity contribution in [1.82, 2.24) is 19.9 Å². The van der Waals surface area contributed by atoms with E-state index in [9.17, 15) is 0 Å². The number of halogens is 2. The predicted molar refractivity (Wildman–Crippen MR) is 85.4 cm³/mol. The Balaban J connectivity index is 1.83. The third-order valence-corrected chi connectivity index (χ3v) is 3.22. The number of rotatable bonds is 4. The molecule has 116 valence electrons. The largest absolute Gasteiger partial charge is 0.424 e. The molecule has 8 heteroatoms. The first-order valence-electron chi connectivity index (χ1n) is 6.52. The molecule has 0 aliphatic heterocycles. The van der Waals surface area contributed by atoms with E-state index in [1.165, 1.54) is 24.8 Å². The van der Waals surface area contributed by atoms with E-state index in [0.29, 0.717) is 21.5 Å². The summed E-state index contributed by atoms with van der Waals surface area (Å²) in [5, 5.41) is 0.872. The number of nitrogens with zero attached hydrogens (tertiary/aromatic N) is 4. The molecule has 0 unspecified atom stereocenters. The molecule has 3 aromatic rings. The Bertz CT molecular complexity index is 745. The van der Waals surface area contributed by atoms with Crippen molar-refractivity contribution in [2.45, 2.75) is 6.92 Å². The maximum atomic E-state index is 5.75. The minimum absolute atomic E-state index is 0.192. The lowest BCUT2D eigenvalue weighted by molar-refractivity contribution is 0.416. The van der Waals surface area contributed by atoms with Crippen LogP contribution in [0.4, 0.5) is 0 Å². The molecule has 6 nitrogen and oxygen atoms in total. The van der Waals surface area contributed by atoms with Gasteiger partial charge in [-0.05, 0) is 19.1 Å². The molecule has 23 heavy (non-hydrogen) atoms. The molecule has 0 radical (unpaired) electrons. The number of hydrogen-bond acceptors (Lipinski definition) is 6. The summed E-state index contributed by atoms with van der Waals surface area (Å²) in [6, 6.07) is 5.73. The SMILES string of the molecule is Cc1c(Oc2ncc(Cl)cn2)cccc1Oc1ncc(Cl)cn1. The average Bonchev–Trinajstić information content (AvgIpc) is 2.55. The molecule has 0 atom stereocenters. The Labute approximate surface area is 142 Å². The van der Waals surface area contributed by atoms with Gasteiger partial charge in [0.1, 0.15) is 11.5 Å². The van der Waals surface area contributed by atoms with E-state index in [4.69, 9.17) is 32.7 Å². The molecule has 0 fully saturated rings. The molecule has 2 aromatic heterocycles. The summed E-state index contributed by atoms with van der Waals surface area (Å²) in [5.41, 5.74) is 0.754. The van der Waals surface area contributed by atoms with E-state index in [1.54, 1.807) is 18.2 Å². The van der Waals surface area contributed by atoms with E-state index < -0.39 is 0 Å². The average molecular weight is 349 g/mol. The molecular formula is C15H10Cl2N4O2. The van der Waals surface area contributed by atoms with Gasteiger partial charge in [-0.25, -0.2) is 19.9 Å². The van der Waals surface area contributed by atoms with Crippen molar-refractivity contribution in [2.75, 3.05) is 0 Å². The van der Waals surface area contributed by atoms with Crippen LogP contribution in [0, 0.1) is 6.92 Å². The fraction of sp³-hybridized carbons (Fsp3) is 0.0667. The van der Waals surface area contributed by atoms with Crippen LogP contribution < -0.4 is 9.47 Å². The van der Waals surface area contributed by atoms with Crippen LogP contribution in [0.25, 0.3) is 0 Å². The first-order chi connectivity index (χ1) is 11.1. The molecule has 2 heterocycles. The summed E-state index contributed by atoms with van der Waals surface area (Å²) >= 11 is 11.5. The molecule has 0 amide bonds. The molecule has 3 rings (SSSR count). The predicted octanol–water partition coefficient (Wildman–Crippen LogP) is 4.47. The van der Waals surface area contributed by atoms with Gasteiger partial charge in [0.25, 0.3) is 0 Å². The molecule has 0 spiro atoms. The highest BCUT2D eigenvalue weighted by atomic mass is 35.5. The van der Waals surface area contributed by atoms with Gasteiger partial charge < -0.3 is 9.47 Å². The number of hydrogen-bond donors (Lipinski definition) is 0. The van der Waals surface area contributed by atoms with Gasteiger partial charge in [0.15, 0.2) is 0 Å². The maximum absolute atomic E-state index is 5.75. The molecular weight excluding hydrogens is 339 g/mol. The monoisotopic (exact) mass is 348 g/mol. The van der Waals surface area contributed by atoms with E-state index >= 15 is 0 Å². The minimum Gasteiger partial charge on any atom is -0.424 e. The second kappa shape index (κ2) is 6.76. The molecule has 0 aliphatic rings. The normalized spacial score (nSPS) is 10.4. The molecule has 0 bridgehead atoms. The summed E-state index contributed by atoms with van der Waals surface area (Å²) < 4.78 is 11.3. The molecule has 0 N–H and O–H groups in total. The molecule has 1 aromatic carbocycles. The lowest BCUT2D eigenvalue weighted by Crippen LogP contribution is -1.96. The fourth-order valence-electron chi connectivity index (χ4n) is 1.72. The Kier molecular flexibility index (Phi) is 4.55. The van der Waals surface area contributed by atoms with Crippen molar-refractivity contribution in [3.63, 3.8) is 0 Å². The van der Waals surface area contributed by atoms with Crippen molar-refractivity contribution in [1.29, 1.82) is 0 Å². The van der Waals surface area contributed by atoms with Crippen LogP contribution in [-0.4, -0.2) is 19.9 Å². The zero-order valence-electron chi connectivity index (χ0n) is 11.9. The first kappa shape index (κ1) is 15.5. The van der Waals surface area contributed by atoms with Crippen LogP contribution in [0.5, 0.6) is 23.5 Å². The molecule has 0 saturated carbocycles. The van der Waals surface area contributed by atoms with Crippen LogP contribution in [0.1, 0.15) is 5.56 Å². The highest BCUT2D eigenvalue weighted by Crippen LogP contribution is 2.32. The van der Waals surface area contributed by atoms with Gasteiger partial charge >= 0.3 is 12.0 Å². The van der Waals surface area contributed by atoms with Crippen molar-refractivity contribution in [3.05, 3.63) is 58.6 Å². The van der Waals surface area contributed by atoms with E-state index in [2.05, 4.69) is 19.9 Å². The minimum atomic E-state index is 0.192. The number of benzene rings is 1. The van der Waals surface area contributed by atoms with Gasteiger partial charge in [-0.15, -0.1) is 0 Å². The third kappa shape index (κ3) is 3.85. The van der Waals surface area contributed by atoms with Gasteiger partial charge in [-0.3, -0.25) is 0 Å². The summed E-state index contributed by atoms with van der Waals surface area (Å²) in [5.74, 6) is 1.11. The van der Waals surface area contributed by atoms with E-state index in [0.717, 1.165) is 5.56 Å². The van der Waals surface area contributed by atoms with E-state index in [-0.39, 0.29) is 12.0 Å². The Hall–Kier alpha value is -2.44. The topological polar surface area (TPSA) is 70.0 Å². The highest BCUT2D eigenvalue weighted by Gasteiger charge is 2.10. The van der Waals surface area contributed by atoms with Crippen molar-refractivity contribution >= 4 is 23.2 Å². The zero-order chi connectivity index (χ0) is 16.2. The first-order valence-corrected chi connectivity index (χ1v) is 7.28. The van der Waals surface area contributed by atoms with Gasteiger partial charge in [0.2, 0.25) is 0 Å². The Morgan fingerprint density at radius 3 is 1.52 bits per heavy atom. The van der Waals surface area contributed by atoms with Gasteiger partial charge in [-0.1, -0.05) is 29.3 Å². The van der Waals surface area contributed by atoms with Crippen LogP contribution in [0.3, 0.4) is 0 Å². The second-order valence-corrected chi connectivity index (χ2v) is 5.32. The van der Waals surface area contributed by atoms with Crippen LogP contribution in [-0.2, 0) is 0 Å². The smallest absolute Gasteiger partial charge is 0.321 e. The van der Waals surface area contributed by atoms with Gasteiger partial charge in [0.05, 0.1) is 34.8 Å². The number of ether oxygens (including phenoxy) is 2. The summed E-state index contributed by atoms with van der Waals surface area (Å²) in [6.07, 6.45) is 5.84. The Morgan fingerprint density at radius 1 is 0.739 bits per heavy atom. The van der Waals surface area contributed by atoms with Crippen LogP contribution >= 0.6 is 23.2 Å². The lowest BCUT2D eigenvalue weighted by Gasteiger charge is -2.11. The van der Waals surface area contributed by atoms with Crippen LogP contribution in [0.15, 0.2) is 43.0 Å². The van der Waals surface area contributed by atoms with E-state index in [1.807, 2.05) is 6.92 Å². The summed E-state index contributed by atoms with van der Waals surface area (Å²) in [7, 11) is 0. The maximum Gasteiger partial charge on any atom is 0.321 e. The van der Waals surface area contributed by atoms with Gasteiger partial charge in [0, 0.05) is 5.56 Å². The number of aromatic nitrogens is 4. The Morgan fingerprint density at radius 2 is 1.13 bits per heavy atom. The third-order valence-electron chi connectivity index (χ3n) is 2.83. The van der Waals surface area contributed by atoms with Crippen molar-refractivity contribution in [3.8, 4) is 23.5 Å². The molecule has 0 aliphatic carbocycles. The highest BCUT2D eigenvalue weighted by molar-refractivity contribution is 6.30. The summed E-state index contributed by atoms with van der Waals surface area (Å²) in [6.45, 7) is 1.84. The molecule has 0 saturated heterocycles. The fourth-order valence-corrected chi connectivity index (χ4v) is 1.91. The standard InChI is InChI=1S/C15H10Cl2N4O2/c1-9-12(22-14-18-5-10(16)6-19-14)3-2-4-13(9)23-15-20-7-11(17)8-21-15/h2-8H,1H3. The summed E-state index contributed by atoms with van der Waals surface area (Å²) in [4.78, 5) is 16.0. The lowest BCUT2D eigenvalue weighted by atomic mass is 10.2.